The molecule has 1 rings (SSSR count). The summed E-state index contributed by atoms with van der Waals surface area (Å²) in [6, 6.07) is -0.842. The lowest BCUT2D eigenvalue weighted by Crippen LogP contribution is -2.53. The van der Waals surface area contributed by atoms with Crippen LogP contribution in [0.2, 0.25) is 0 Å². The maximum Gasteiger partial charge on any atom is 0.411 e. The van der Waals surface area contributed by atoms with E-state index >= 15 is 0 Å². The minimum absolute atomic E-state index is 0.0168. The van der Waals surface area contributed by atoms with Crippen molar-refractivity contribution in [3.05, 3.63) is 12.2 Å². The van der Waals surface area contributed by atoms with Crippen LogP contribution in [-0.4, -0.2) is 52.0 Å². The van der Waals surface area contributed by atoms with Crippen LogP contribution < -0.4 is 0 Å². The predicted octanol–water partition coefficient (Wildman–Crippen LogP) is 2.42. The molecule has 0 radical (unpaired) electrons. The van der Waals surface area contributed by atoms with Gasteiger partial charge in [-0.3, -0.25) is 4.90 Å². The van der Waals surface area contributed by atoms with Crippen molar-refractivity contribution in [2.45, 2.75) is 58.1 Å². The van der Waals surface area contributed by atoms with Gasteiger partial charge in [0.25, 0.3) is 0 Å². The van der Waals surface area contributed by atoms with Crippen LogP contribution in [0.25, 0.3) is 0 Å². The molecule has 0 saturated carbocycles. The van der Waals surface area contributed by atoms with Crippen molar-refractivity contribution in [1.82, 2.24) is 4.90 Å². The summed E-state index contributed by atoms with van der Waals surface area (Å²) in [4.78, 5) is 25.2. The van der Waals surface area contributed by atoms with E-state index in [9.17, 15) is 14.7 Å². The van der Waals surface area contributed by atoms with Gasteiger partial charge in [0.1, 0.15) is 11.6 Å². The van der Waals surface area contributed by atoms with Gasteiger partial charge in [-0.15, -0.1) is 0 Å². The molecule has 1 aliphatic heterocycles. The van der Waals surface area contributed by atoms with Crippen LogP contribution in [0, 0.1) is 5.92 Å². The minimum Gasteiger partial charge on any atom is -0.480 e. The molecule has 1 amide bonds. The van der Waals surface area contributed by atoms with E-state index in [0.29, 0.717) is 19.4 Å². The number of carboxylic acids is 1. The van der Waals surface area contributed by atoms with Crippen molar-refractivity contribution in [1.29, 1.82) is 0 Å². The third kappa shape index (κ3) is 5.67. The van der Waals surface area contributed by atoms with Crippen molar-refractivity contribution in [2.24, 2.45) is 5.92 Å². The first-order valence-electron chi connectivity index (χ1n) is 7.74. The van der Waals surface area contributed by atoms with Crippen molar-refractivity contribution >= 4 is 12.1 Å². The van der Waals surface area contributed by atoms with Crippen LogP contribution in [0.1, 0.15) is 46.5 Å². The quantitative estimate of drug-likeness (QED) is 0.761. The van der Waals surface area contributed by atoms with Crippen LogP contribution in [0.5, 0.6) is 0 Å². The van der Waals surface area contributed by atoms with Crippen molar-refractivity contribution in [3.8, 4) is 0 Å². The highest BCUT2D eigenvalue weighted by atomic mass is 16.6. The molecule has 0 aliphatic carbocycles. The number of hydrogen-bond acceptors (Lipinski definition) is 4. The van der Waals surface area contributed by atoms with Gasteiger partial charge in [0, 0.05) is 6.54 Å². The summed E-state index contributed by atoms with van der Waals surface area (Å²) in [6.07, 6.45) is 5.84. The summed E-state index contributed by atoms with van der Waals surface area (Å²) in [5.74, 6) is -1.08. The molecule has 1 heterocycles. The number of aliphatic hydroxyl groups is 1. The number of aliphatic carboxylic acids is 1. The molecule has 0 aromatic carbocycles. The molecule has 1 saturated heterocycles. The summed E-state index contributed by atoms with van der Waals surface area (Å²) in [5, 5.41) is 18.2. The first-order chi connectivity index (χ1) is 10.3. The smallest absolute Gasteiger partial charge is 0.411 e. The number of carboxylic acid groups (broad SMARTS) is 1. The highest BCUT2D eigenvalue weighted by molar-refractivity contribution is 5.80. The lowest BCUT2D eigenvalue weighted by molar-refractivity contribution is -0.147. The second-order valence-corrected chi connectivity index (χ2v) is 6.59. The second kappa shape index (κ2) is 8.17. The maximum absolute atomic E-state index is 12.2. The van der Waals surface area contributed by atoms with Gasteiger partial charge in [-0.25, -0.2) is 9.59 Å². The van der Waals surface area contributed by atoms with Gasteiger partial charge < -0.3 is 14.9 Å². The number of aliphatic hydroxyl groups excluding tert-OH is 1. The largest absolute Gasteiger partial charge is 0.480 e. The van der Waals surface area contributed by atoms with E-state index < -0.39 is 23.7 Å². The Morgan fingerprint density at radius 1 is 1.32 bits per heavy atom. The predicted molar refractivity (Wildman–Crippen MR) is 82.5 cm³/mol. The van der Waals surface area contributed by atoms with Crippen molar-refractivity contribution in [2.75, 3.05) is 13.2 Å². The minimum atomic E-state index is -0.985. The highest BCUT2D eigenvalue weighted by Crippen LogP contribution is 2.29. The molecule has 2 atom stereocenters. The summed E-state index contributed by atoms with van der Waals surface area (Å²) in [7, 11) is 0. The average Bonchev–Trinajstić information content (AvgIpc) is 2.41. The molecule has 126 valence electrons. The molecular weight excluding hydrogens is 286 g/mol. The van der Waals surface area contributed by atoms with Crippen molar-refractivity contribution < 1.29 is 24.5 Å². The number of carbonyl (C=O) groups excluding carboxylic acids is 1. The third-order valence-electron chi connectivity index (χ3n) is 3.61. The van der Waals surface area contributed by atoms with Gasteiger partial charge in [-0.1, -0.05) is 12.2 Å². The second-order valence-electron chi connectivity index (χ2n) is 6.59. The molecule has 0 unspecified atom stereocenters. The van der Waals surface area contributed by atoms with E-state index in [0.717, 1.165) is 12.8 Å². The van der Waals surface area contributed by atoms with E-state index in [-0.39, 0.29) is 12.5 Å². The molecule has 6 nitrogen and oxygen atoms in total. The molecule has 0 bridgehead atoms. The van der Waals surface area contributed by atoms with E-state index in [1.165, 1.54) is 4.90 Å². The lowest BCUT2D eigenvalue weighted by Gasteiger charge is -2.39. The van der Waals surface area contributed by atoms with E-state index in [4.69, 9.17) is 9.84 Å². The van der Waals surface area contributed by atoms with Crippen LogP contribution in [0.15, 0.2) is 12.2 Å². The summed E-state index contributed by atoms with van der Waals surface area (Å²) in [6.45, 7) is 5.69. The summed E-state index contributed by atoms with van der Waals surface area (Å²) < 4.78 is 5.33. The zero-order valence-corrected chi connectivity index (χ0v) is 13.6. The molecular formula is C16H27NO5. The van der Waals surface area contributed by atoms with Crippen molar-refractivity contribution in [3.63, 3.8) is 0 Å². The number of nitrogens with zero attached hydrogens (tertiary/aromatic N) is 1. The van der Waals surface area contributed by atoms with Gasteiger partial charge in [0.2, 0.25) is 0 Å². The summed E-state index contributed by atoms with van der Waals surface area (Å²) in [5.41, 5.74) is -0.642. The normalized spacial score (nSPS) is 22.8. The van der Waals surface area contributed by atoms with Crippen LogP contribution in [0.4, 0.5) is 4.79 Å². The van der Waals surface area contributed by atoms with Crippen LogP contribution in [0.3, 0.4) is 0 Å². The highest BCUT2D eigenvalue weighted by Gasteiger charge is 2.40. The number of rotatable bonds is 5. The van der Waals surface area contributed by atoms with Crippen LogP contribution >= 0.6 is 0 Å². The first-order valence-corrected chi connectivity index (χ1v) is 7.74. The topological polar surface area (TPSA) is 87.1 Å². The van der Waals surface area contributed by atoms with E-state index in [1.807, 2.05) is 6.08 Å². The monoisotopic (exact) mass is 313 g/mol. The molecule has 6 heteroatoms. The maximum atomic E-state index is 12.2. The number of hydrogen-bond donors (Lipinski definition) is 2. The van der Waals surface area contributed by atoms with Gasteiger partial charge in [0.15, 0.2) is 0 Å². The Morgan fingerprint density at radius 3 is 2.55 bits per heavy atom. The molecule has 1 aliphatic rings. The Kier molecular flexibility index (Phi) is 6.87. The fraction of sp³-hybridized carbons (Fsp3) is 0.750. The standard InChI is InChI=1S/C16H27NO5/c1-16(2,3)22-15(21)17-10-7-9-12(13(17)14(19)20)8-5-4-6-11-18/h4,6,12-13,18H,5,7-11H2,1-3H3,(H,19,20)/b6-4+/t12-,13+/m1/s1. The summed E-state index contributed by atoms with van der Waals surface area (Å²) >= 11 is 0. The number of amides is 1. The number of likely N-dealkylation sites (tertiary alicyclic amines) is 1. The Morgan fingerprint density at radius 2 is 2.00 bits per heavy atom. The first kappa shape index (κ1) is 18.5. The zero-order chi connectivity index (χ0) is 16.8. The molecule has 0 aromatic heterocycles. The fourth-order valence-electron chi connectivity index (χ4n) is 2.74. The van der Waals surface area contributed by atoms with E-state index in [2.05, 4.69) is 0 Å². The molecule has 1 fully saturated rings. The average molecular weight is 313 g/mol. The van der Waals surface area contributed by atoms with E-state index in [1.54, 1.807) is 26.8 Å². The molecule has 2 N–H and O–H groups in total. The van der Waals surface area contributed by atoms with Gasteiger partial charge in [-0.2, -0.15) is 0 Å². The Bertz CT molecular complexity index is 413. The fourth-order valence-corrected chi connectivity index (χ4v) is 2.74. The van der Waals surface area contributed by atoms with Gasteiger partial charge >= 0.3 is 12.1 Å². The molecule has 22 heavy (non-hydrogen) atoms. The van der Waals surface area contributed by atoms with Crippen LogP contribution in [-0.2, 0) is 9.53 Å². The number of allylic oxidation sites excluding steroid dienone is 1. The number of carbonyl (C=O) groups is 2. The lowest BCUT2D eigenvalue weighted by atomic mass is 9.85. The Labute approximate surface area is 131 Å². The van der Waals surface area contributed by atoms with Gasteiger partial charge in [-0.05, 0) is 52.4 Å². The Hall–Kier alpha value is -1.56. The number of ether oxygens (including phenoxy) is 1. The SMILES string of the molecule is CC(C)(C)OC(=O)N1CCC[C@@H](CC/C=C/CO)[C@H]1C(=O)O. The number of piperidine rings is 1. The molecule has 0 spiro atoms. The van der Waals surface area contributed by atoms with Gasteiger partial charge in [0.05, 0.1) is 6.61 Å². The molecule has 0 aromatic rings. The third-order valence-corrected chi connectivity index (χ3v) is 3.61. The zero-order valence-electron chi connectivity index (χ0n) is 13.6. The Balaban J connectivity index is 2.77.